The number of nitrogens with zero attached hydrogens (tertiary/aromatic N) is 2. The molecule has 1 aliphatic heterocycles. The molecule has 0 saturated carbocycles. The number of hydrogen-bond donors (Lipinski definition) is 1. The molecular formula is C19H25N3O3S2. The van der Waals surface area contributed by atoms with Gasteiger partial charge in [-0.05, 0) is 41.6 Å². The quantitative estimate of drug-likeness (QED) is 0.799. The maximum absolute atomic E-state index is 12.7. The fraction of sp³-hybridized carbons (Fsp3) is 0.421. The Morgan fingerprint density at radius 2 is 1.78 bits per heavy atom. The van der Waals surface area contributed by atoms with Crippen LogP contribution in [0.3, 0.4) is 0 Å². The monoisotopic (exact) mass is 407 g/mol. The number of hydrogen-bond acceptors (Lipinski definition) is 5. The number of nitrogens with one attached hydrogen (secondary N) is 1. The van der Waals surface area contributed by atoms with Crippen molar-refractivity contribution >= 4 is 33.0 Å². The highest BCUT2D eigenvalue weighted by atomic mass is 32.2. The minimum absolute atomic E-state index is 0.00754. The van der Waals surface area contributed by atoms with Crippen molar-refractivity contribution in [3.05, 3.63) is 47.3 Å². The van der Waals surface area contributed by atoms with Crippen LogP contribution in [0.1, 0.15) is 24.2 Å². The van der Waals surface area contributed by atoms with Crippen LogP contribution in [0.25, 0.3) is 0 Å². The van der Waals surface area contributed by atoms with Gasteiger partial charge in [-0.2, -0.15) is 0 Å². The SMILES string of the molecule is CC(C)CN1CCN(C(=O)c2ccc(NS(=O)(=O)c3cccs3)cc2)CC1. The summed E-state index contributed by atoms with van der Waals surface area (Å²) in [7, 11) is -3.57. The fourth-order valence-corrected chi connectivity index (χ4v) is 5.19. The Balaban J connectivity index is 1.60. The number of sulfonamides is 1. The smallest absolute Gasteiger partial charge is 0.271 e. The third kappa shape index (κ3) is 5.09. The van der Waals surface area contributed by atoms with Gasteiger partial charge in [0.1, 0.15) is 4.21 Å². The minimum Gasteiger partial charge on any atom is -0.336 e. The molecule has 1 N–H and O–H groups in total. The van der Waals surface area contributed by atoms with Crippen molar-refractivity contribution in [3.8, 4) is 0 Å². The second-order valence-electron chi connectivity index (χ2n) is 7.10. The molecule has 0 spiro atoms. The lowest BCUT2D eigenvalue weighted by Gasteiger charge is -2.35. The van der Waals surface area contributed by atoms with Crippen molar-refractivity contribution in [2.45, 2.75) is 18.1 Å². The number of carbonyl (C=O) groups excluding carboxylic acids is 1. The number of carbonyl (C=O) groups is 1. The average molecular weight is 408 g/mol. The summed E-state index contributed by atoms with van der Waals surface area (Å²) in [6.45, 7) is 8.68. The van der Waals surface area contributed by atoms with Crippen LogP contribution in [0.5, 0.6) is 0 Å². The van der Waals surface area contributed by atoms with Crippen LogP contribution in [0.2, 0.25) is 0 Å². The van der Waals surface area contributed by atoms with Crippen LogP contribution in [-0.2, 0) is 10.0 Å². The first-order valence-corrected chi connectivity index (χ1v) is 11.4. The zero-order chi connectivity index (χ0) is 19.4. The number of thiophene rings is 1. The van der Waals surface area contributed by atoms with Crippen LogP contribution in [0, 0.1) is 5.92 Å². The lowest BCUT2D eigenvalue weighted by molar-refractivity contribution is 0.0624. The topological polar surface area (TPSA) is 69.7 Å². The highest BCUT2D eigenvalue weighted by Gasteiger charge is 2.22. The summed E-state index contributed by atoms with van der Waals surface area (Å²) in [6.07, 6.45) is 0. The zero-order valence-electron chi connectivity index (χ0n) is 15.6. The Morgan fingerprint density at radius 3 is 2.33 bits per heavy atom. The molecule has 8 heteroatoms. The van der Waals surface area contributed by atoms with Gasteiger partial charge in [0, 0.05) is 44.0 Å². The number of rotatable bonds is 6. The Hall–Kier alpha value is -1.90. The normalized spacial score (nSPS) is 15.9. The molecule has 0 unspecified atom stereocenters. The van der Waals surface area contributed by atoms with Gasteiger partial charge in [-0.25, -0.2) is 8.42 Å². The third-order valence-corrected chi connectivity index (χ3v) is 7.21. The van der Waals surface area contributed by atoms with Crippen molar-refractivity contribution < 1.29 is 13.2 Å². The molecule has 146 valence electrons. The van der Waals surface area contributed by atoms with Crippen LogP contribution in [0.4, 0.5) is 5.69 Å². The first kappa shape index (κ1) is 19.9. The molecule has 0 radical (unpaired) electrons. The molecule has 1 saturated heterocycles. The van der Waals surface area contributed by atoms with Gasteiger partial charge in [-0.1, -0.05) is 19.9 Å². The highest BCUT2D eigenvalue weighted by Crippen LogP contribution is 2.21. The van der Waals surface area contributed by atoms with E-state index >= 15 is 0 Å². The fourth-order valence-electron chi connectivity index (χ4n) is 3.14. The molecule has 1 aromatic carbocycles. The molecule has 2 aromatic rings. The highest BCUT2D eigenvalue weighted by molar-refractivity contribution is 7.94. The molecule has 0 atom stereocenters. The molecule has 27 heavy (non-hydrogen) atoms. The van der Waals surface area contributed by atoms with E-state index in [-0.39, 0.29) is 10.1 Å². The Kier molecular flexibility index (Phi) is 6.18. The van der Waals surface area contributed by atoms with E-state index in [0.717, 1.165) is 44.1 Å². The van der Waals surface area contributed by atoms with Gasteiger partial charge in [-0.3, -0.25) is 14.4 Å². The van der Waals surface area contributed by atoms with Gasteiger partial charge in [0.15, 0.2) is 0 Å². The molecule has 2 heterocycles. The molecule has 0 bridgehead atoms. The summed E-state index contributed by atoms with van der Waals surface area (Å²) < 4.78 is 27.3. The van der Waals surface area contributed by atoms with E-state index in [4.69, 9.17) is 0 Å². The zero-order valence-corrected chi connectivity index (χ0v) is 17.2. The van der Waals surface area contributed by atoms with Gasteiger partial charge in [0.05, 0.1) is 0 Å². The van der Waals surface area contributed by atoms with Crippen LogP contribution in [-0.4, -0.2) is 56.8 Å². The third-order valence-electron chi connectivity index (χ3n) is 4.43. The van der Waals surface area contributed by atoms with Gasteiger partial charge >= 0.3 is 0 Å². The summed E-state index contributed by atoms with van der Waals surface area (Å²) in [6, 6.07) is 9.87. The summed E-state index contributed by atoms with van der Waals surface area (Å²) in [5, 5.41) is 1.72. The van der Waals surface area contributed by atoms with Crippen LogP contribution < -0.4 is 4.72 Å². The molecule has 6 nitrogen and oxygen atoms in total. The molecule has 3 rings (SSSR count). The second-order valence-corrected chi connectivity index (χ2v) is 9.96. The van der Waals surface area contributed by atoms with E-state index in [2.05, 4.69) is 23.5 Å². The summed E-state index contributed by atoms with van der Waals surface area (Å²) >= 11 is 1.16. The molecule has 1 aromatic heterocycles. The number of amides is 1. The summed E-state index contributed by atoms with van der Waals surface area (Å²) in [4.78, 5) is 16.9. The van der Waals surface area contributed by atoms with Crippen LogP contribution in [0.15, 0.2) is 46.0 Å². The van der Waals surface area contributed by atoms with Gasteiger partial charge in [0.25, 0.3) is 15.9 Å². The van der Waals surface area contributed by atoms with E-state index in [1.807, 2.05) is 4.90 Å². The van der Waals surface area contributed by atoms with Crippen molar-refractivity contribution in [1.29, 1.82) is 0 Å². The lowest BCUT2D eigenvalue weighted by atomic mass is 10.1. The van der Waals surface area contributed by atoms with Gasteiger partial charge in [0.2, 0.25) is 0 Å². The Morgan fingerprint density at radius 1 is 1.11 bits per heavy atom. The lowest BCUT2D eigenvalue weighted by Crippen LogP contribution is -2.49. The molecule has 0 aliphatic carbocycles. The summed E-state index contributed by atoms with van der Waals surface area (Å²) in [5.74, 6) is 0.615. The van der Waals surface area contributed by atoms with Crippen molar-refractivity contribution in [2.24, 2.45) is 5.92 Å². The van der Waals surface area contributed by atoms with Crippen molar-refractivity contribution in [1.82, 2.24) is 9.80 Å². The Bertz CT molecular complexity index is 854. The Labute approximate surface area is 164 Å². The average Bonchev–Trinajstić information content (AvgIpc) is 3.17. The van der Waals surface area contributed by atoms with Gasteiger partial charge in [-0.15, -0.1) is 11.3 Å². The molecular weight excluding hydrogens is 382 g/mol. The standard InChI is InChI=1S/C19H25N3O3S2/c1-15(2)14-21-9-11-22(12-10-21)19(23)16-5-7-17(8-6-16)20-27(24,25)18-4-3-13-26-18/h3-8,13,15,20H,9-12,14H2,1-2H3. The van der Waals surface area contributed by atoms with E-state index in [0.29, 0.717) is 17.2 Å². The minimum atomic E-state index is -3.57. The van der Waals surface area contributed by atoms with E-state index < -0.39 is 10.0 Å². The first-order chi connectivity index (χ1) is 12.8. The first-order valence-electron chi connectivity index (χ1n) is 9.03. The van der Waals surface area contributed by atoms with Crippen LogP contribution >= 0.6 is 11.3 Å². The van der Waals surface area contributed by atoms with Crippen molar-refractivity contribution in [3.63, 3.8) is 0 Å². The molecule has 1 amide bonds. The molecule has 1 aliphatic rings. The van der Waals surface area contributed by atoms with E-state index in [9.17, 15) is 13.2 Å². The molecule has 1 fully saturated rings. The predicted molar refractivity (Wildman–Crippen MR) is 109 cm³/mol. The predicted octanol–water partition coefficient (Wildman–Crippen LogP) is 2.96. The number of anilines is 1. The van der Waals surface area contributed by atoms with E-state index in [1.165, 1.54) is 0 Å². The van der Waals surface area contributed by atoms with E-state index in [1.54, 1.807) is 41.8 Å². The number of benzene rings is 1. The van der Waals surface area contributed by atoms with Gasteiger partial charge < -0.3 is 4.90 Å². The maximum Gasteiger partial charge on any atom is 0.271 e. The van der Waals surface area contributed by atoms with Crippen molar-refractivity contribution in [2.75, 3.05) is 37.4 Å². The number of piperazine rings is 1. The maximum atomic E-state index is 12.7. The largest absolute Gasteiger partial charge is 0.336 e. The summed E-state index contributed by atoms with van der Waals surface area (Å²) in [5.41, 5.74) is 1.02. The second kappa shape index (κ2) is 8.41.